The molecule has 4 aromatic rings. The van der Waals surface area contributed by atoms with Crippen LogP contribution in [0.3, 0.4) is 0 Å². The lowest BCUT2D eigenvalue weighted by Crippen LogP contribution is -2.67. The molecule has 0 bridgehead atoms. The highest BCUT2D eigenvalue weighted by molar-refractivity contribution is 5.98. The van der Waals surface area contributed by atoms with Gasteiger partial charge < -0.3 is 30.8 Å². The van der Waals surface area contributed by atoms with E-state index in [1.165, 1.54) is 43.5 Å². The largest absolute Gasteiger partial charge is 0.504 e. The minimum Gasteiger partial charge on any atom is -0.504 e. The van der Waals surface area contributed by atoms with Crippen LogP contribution in [0.2, 0.25) is 0 Å². The van der Waals surface area contributed by atoms with Crippen molar-refractivity contribution in [1.82, 2.24) is 31.8 Å². The number of phenolic OH excluding ortho intramolecular Hbond substituents is 1. The van der Waals surface area contributed by atoms with E-state index in [1.807, 2.05) is 13.8 Å². The number of para-hydroxylation sites is 1. The second kappa shape index (κ2) is 18.3. The number of methoxy groups -OCH3 is 1. The number of halogens is 4. The van der Waals surface area contributed by atoms with Crippen molar-refractivity contribution in [3.05, 3.63) is 94.4 Å². The minimum absolute atomic E-state index is 0.0593. The van der Waals surface area contributed by atoms with Crippen LogP contribution in [0, 0.1) is 17.7 Å². The summed E-state index contributed by atoms with van der Waals surface area (Å²) in [6, 6.07) is 11.9. The Morgan fingerprint density at radius 2 is 1.62 bits per heavy atom. The standard InChI is InChI=1S/C42H50F4N6O6/c1-6-23(3)35(49-34(54)20-26-11-8-9-14-30(26)43)38(55)51-41(18-17-31-28(21-41)27-12-10-13-29(37(27)48-31)42(44,45)46)40(57)50-36(24(4)7-2)39(56)52-47-22-25-15-16-33(58-5)32(53)19-25/h8-16,19,23-24,35-36,47-48,53H,6-7,17-18,20-22H2,1-5H3,(H,49,54)(H,50,57)(H,51,55)(H,52,56)/t23?,24-,35-,36?,41+/m0/s1. The zero-order chi connectivity index (χ0) is 42.4. The van der Waals surface area contributed by atoms with Gasteiger partial charge in [-0.1, -0.05) is 76.9 Å². The number of fused-ring (bicyclic) bond motifs is 3. The maximum Gasteiger partial charge on any atom is 0.418 e. The van der Waals surface area contributed by atoms with Crippen molar-refractivity contribution in [2.24, 2.45) is 11.8 Å². The molecule has 0 radical (unpaired) electrons. The molecule has 1 heterocycles. The number of hydrogen-bond acceptors (Lipinski definition) is 7. The predicted molar refractivity (Wildman–Crippen MR) is 209 cm³/mol. The third-order valence-electron chi connectivity index (χ3n) is 11.1. The normalized spacial score (nSPS) is 17.3. The van der Waals surface area contributed by atoms with E-state index in [2.05, 4.69) is 31.8 Å². The van der Waals surface area contributed by atoms with E-state index < -0.39 is 70.6 Å². The first kappa shape index (κ1) is 43.5. The second-order valence-corrected chi connectivity index (χ2v) is 14.9. The van der Waals surface area contributed by atoms with Gasteiger partial charge in [-0.3, -0.25) is 24.6 Å². The van der Waals surface area contributed by atoms with Gasteiger partial charge in [0, 0.05) is 24.0 Å². The molecular weight excluding hydrogens is 760 g/mol. The fourth-order valence-electron chi connectivity index (χ4n) is 7.26. The summed E-state index contributed by atoms with van der Waals surface area (Å²) in [5.41, 5.74) is 4.24. The Balaban J connectivity index is 1.45. The number of carbonyl (C=O) groups is 4. The van der Waals surface area contributed by atoms with Crippen molar-refractivity contribution < 1.29 is 46.6 Å². The molecule has 1 aromatic heterocycles. The van der Waals surface area contributed by atoms with E-state index >= 15 is 0 Å². The van der Waals surface area contributed by atoms with Gasteiger partial charge in [0.1, 0.15) is 23.4 Å². The molecule has 0 aliphatic heterocycles. The van der Waals surface area contributed by atoms with E-state index in [9.17, 15) is 41.8 Å². The first-order chi connectivity index (χ1) is 27.5. The van der Waals surface area contributed by atoms with Crippen molar-refractivity contribution in [2.75, 3.05) is 7.11 Å². The van der Waals surface area contributed by atoms with Gasteiger partial charge in [0.25, 0.3) is 5.91 Å². The quantitative estimate of drug-likeness (QED) is 0.0578. The molecular formula is C42H50F4N6O6. The zero-order valence-corrected chi connectivity index (χ0v) is 33.0. The highest BCUT2D eigenvalue weighted by Gasteiger charge is 2.47. The van der Waals surface area contributed by atoms with Crippen LogP contribution >= 0.6 is 0 Å². The molecule has 1 aliphatic rings. The van der Waals surface area contributed by atoms with Gasteiger partial charge in [-0.25, -0.2) is 9.82 Å². The molecule has 4 amide bonds. The highest BCUT2D eigenvalue weighted by Crippen LogP contribution is 2.40. The number of rotatable bonds is 16. The first-order valence-electron chi connectivity index (χ1n) is 19.3. The molecule has 5 rings (SSSR count). The van der Waals surface area contributed by atoms with E-state index in [1.54, 1.807) is 32.0 Å². The predicted octanol–water partition coefficient (Wildman–Crippen LogP) is 5.51. The summed E-state index contributed by atoms with van der Waals surface area (Å²) in [5.74, 6) is -3.97. The molecule has 12 nitrogen and oxygen atoms in total. The number of aryl methyl sites for hydroxylation is 1. The zero-order valence-electron chi connectivity index (χ0n) is 33.0. The van der Waals surface area contributed by atoms with Crippen molar-refractivity contribution in [3.8, 4) is 11.5 Å². The van der Waals surface area contributed by atoms with E-state index in [4.69, 9.17) is 4.74 Å². The van der Waals surface area contributed by atoms with Gasteiger partial charge in [-0.2, -0.15) is 13.2 Å². The Bertz CT molecular complexity index is 2140. The van der Waals surface area contributed by atoms with Crippen LogP contribution in [0.1, 0.15) is 74.9 Å². The third-order valence-corrected chi connectivity index (χ3v) is 11.1. The highest BCUT2D eigenvalue weighted by atomic mass is 19.4. The average Bonchev–Trinajstić information content (AvgIpc) is 3.56. The Labute approximate surface area is 333 Å². The molecule has 0 saturated carbocycles. The number of alkyl halides is 3. The molecule has 5 atom stereocenters. The maximum absolute atomic E-state index is 14.8. The molecule has 16 heteroatoms. The minimum atomic E-state index is -4.67. The number of H-pyrrole nitrogens is 1. The van der Waals surface area contributed by atoms with Crippen molar-refractivity contribution in [1.29, 1.82) is 0 Å². The number of ether oxygens (including phenoxy) is 1. The number of hydrazine groups is 1. The van der Waals surface area contributed by atoms with E-state index in [-0.39, 0.29) is 60.2 Å². The molecule has 0 fully saturated rings. The van der Waals surface area contributed by atoms with Crippen LogP contribution in [0.15, 0.2) is 60.7 Å². The van der Waals surface area contributed by atoms with Crippen molar-refractivity contribution in [3.63, 3.8) is 0 Å². The molecule has 58 heavy (non-hydrogen) atoms. The summed E-state index contributed by atoms with van der Waals surface area (Å²) in [6.45, 7) is 7.25. The second-order valence-electron chi connectivity index (χ2n) is 14.9. The third kappa shape index (κ3) is 9.72. The van der Waals surface area contributed by atoms with Crippen LogP contribution in [-0.2, 0) is 51.2 Å². The number of benzene rings is 3. The van der Waals surface area contributed by atoms with Crippen LogP contribution in [0.5, 0.6) is 11.5 Å². The van der Waals surface area contributed by atoms with Gasteiger partial charge in [0.2, 0.25) is 17.7 Å². The van der Waals surface area contributed by atoms with Crippen LogP contribution in [-0.4, -0.2) is 58.5 Å². The van der Waals surface area contributed by atoms with Crippen LogP contribution in [0.25, 0.3) is 10.9 Å². The summed E-state index contributed by atoms with van der Waals surface area (Å²) >= 11 is 0. The Hall–Kier alpha value is -5.64. The fraction of sp³-hybridized carbons (Fsp3) is 0.429. The summed E-state index contributed by atoms with van der Waals surface area (Å²) in [7, 11) is 1.42. The lowest BCUT2D eigenvalue weighted by molar-refractivity contribution is -0.139. The van der Waals surface area contributed by atoms with Crippen molar-refractivity contribution >= 4 is 34.5 Å². The lowest BCUT2D eigenvalue weighted by Gasteiger charge is -2.39. The Kier molecular flexibility index (Phi) is 13.7. The number of aromatic hydroxyl groups is 1. The molecule has 7 N–H and O–H groups in total. The fourth-order valence-corrected chi connectivity index (χ4v) is 7.26. The summed E-state index contributed by atoms with van der Waals surface area (Å²) < 4.78 is 61.8. The number of aromatic amines is 1. The van der Waals surface area contributed by atoms with Gasteiger partial charge in [-0.15, -0.1) is 0 Å². The monoisotopic (exact) mass is 810 g/mol. The molecule has 2 unspecified atom stereocenters. The summed E-state index contributed by atoms with van der Waals surface area (Å²) in [4.78, 5) is 59.0. The first-order valence-corrected chi connectivity index (χ1v) is 19.3. The number of nitrogens with one attached hydrogen (secondary N) is 6. The maximum atomic E-state index is 14.8. The van der Waals surface area contributed by atoms with Crippen molar-refractivity contribution in [2.45, 2.75) is 96.6 Å². The van der Waals surface area contributed by atoms with E-state index in [0.29, 0.717) is 29.7 Å². The van der Waals surface area contributed by atoms with Crippen LogP contribution in [0.4, 0.5) is 17.6 Å². The number of aromatic nitrogens is 1. The SMILES string of the molecule is CCC(C)[C@H](NC(=O)Cc1ccccc1F)C(=O)N[C@]1(C(=O)NC(C(=O)NNCc2ccc(OC)c(O)c2)[C@@H](C)CC)CCc2[nH]c3c(C(F)(F)F)cccc3c2C1. The van der Waals surface area contributed by atoms with Gasteiger partial charge >= 0.3 is 6.18 Å². The lowest BCUT2D eigenvalue weighted by atomic mass is 9.78. The smallest absolute Gasteiger partial charge is 0.418 e. The Morgan fingerprint density at radius 3 is 2.26 bits per heavy atom. The summed E-state index contributed by atoms with van der Waals surface area (Å²) in [5, 5.41) is 18.8. The Morgan fingerprint density at radius 1 is 0.931 bits per heavy atom. The number of phenols is 1. The van der Waals surface area contributed by atoms with Crippen LogP contribution < -0.4 is 31.5 Å². The van der Waals surface area contributed by atoms with E-state index in [0.717, 1.165) is 6.07 Å². The molecule has 0 saturated heterocycles. The molecule has 0 spiro atoms. The number of hydrogen-bond donors (Lipinski definition) is 7. The molecule has 312 valence electrons. The summed E-state index contributed by atoms with van der Waals surface area (Å²) in [6.07, 6.45) is -4.34. The topological polar surface area (TPSA) is 174 Å². The average molecular weight is 811 g/mol. The van der Waals surface area contributed by atoms with Gasteiger partial charge in [0.15, 0.2) is 11.5 Å². The molecule has 1 aliphatic carbocycles. The van der Waals surface area contributed by atoms with Gasteiger partial charge in [0.05, 0.1) is 24.6 Å². The number of amides is 4. The molecule has 3 aromatic carbocycles. The van der Waals surface area contributed by atoms with Gasteiger partial charge in [-0.05, 0) is 65.6 Å². The number of carbonyl (C=O) groups excluding carboxylic acids is 4.